The topological polar surface area (TPSA) is 118 Å². The average Bonchev–Trinajstić information content (AvgIpc) is 3.66. The maximum atomic E-state index is 13.6. The second kappa shape index (κ2) is 8.00. The van der Waals surface area contributed by atoms with Crippen LogP contribution in [0.1, 0.15) is 53.0 Å². The minimum absolute atomic E-state index is 0.0388. The van der Waals surface area contributed by atoms with Crippen LogP contribution in [0.3, 0.4) is 0 Å². The Morgan fingerprint density at radius 2 is 2.16 bits per heavy atom. The van der Waals surface area contributed by atoms with E-state index in [0.29, 0.717) is 38.2 Å². The molecule has 1 saturated carbocycles. The van der Waals surface area contributed by atoms with Crippen molar-refractivity contribution in [3.05, 3.63) is 43.9 Å². The lowest BCUT2D eigenvalue weighted by molar-refractivity contribution is -0.140. The van der Waals surface area contributed by atoms with Gasteiger partial charge in [-0.15, -0.1) is 11.3 Å². The zero-order valence-electron chi connectivity index (χ0n) is 20.5. The summed E-state index contributed by atoms with van der Waals surface area (Å²) in [6.07, 6.45) is 7.18. The average molecular weight is 553 g/mol. The summed E-state index contributed by atoms with van der Waals surface area (Å²) in [5, 5.41) is 7.31. The molecule has 8 rings (SSSR count). The molecular weight excluding hydrogens is 528 g/mol. The normalized spacial score (nSPS) is 26.4. The van der Waals surface area contributed by atoms with Crippen molar-refractivity contribution in [2.75, 3.05) is 18.5 Å². The molecule has 0 aromatic carbocycles. The lowest BCUT2D eigenvalue weighted by Gasteiger charge is -2.39. The largest absolute Gasteiger partial charge is 0.374 e. The van der Waals surface area contributed by atoms with Crippen molar-refractivity contribution in [1.29, 1.82) is 0 Å². The molecule has 3 fully saturated rings. The lowest BCUT2D eigenvalue weighted by atomic mass is 9.85. The molecule has 0 unspecified atom stereocenters. The van der Waals surface area contributed by atoms with Crippen molar-refractivity contribution in [2.45, 2.75) is 62.8 Å². The van der Waals surface area contributed by atoms with E-state index in [-0.39, 0.29) is 51.8 Å². The number of carbonyl (C=O) groups is 2. The fraction of sp³-hybridized carbons (Fsp3) is 0.500. The van der Waals surface area contributed by atoms with Crippen molar-refractivity contribution < 1.29 is 14.3 Å². The van der Waals surface area contributed by atoms with Crippen LogP contribution in [-0.2, 0) is 28.0 Å². The maximum absolute atomic E-state index is 13.6. The number of aromatic nitrogens is 3. The van der Waals surface area contributed by atoms with E-state index in [9.17, 15) is 14.4 Å². The minimum atomic E-state index is -0.685. The van der Waals surface area contributed by atoms with E-state index >= 15 is 0 Å². The van der Waals surface area contributed by atoms with Gasteiger partial charge in [-0.05, 0) is 56.6 Å². The van der Waals surface area contributed by atoms with E-state index in [4.69, 9.17) is 16.3 Å². The molecule has 5 aliphatic rings. The third-order valence-corrected chi connectivity index (χ3v) is 10.4. The summed E-state index contributed by atoms with van der Waals surface area (Å²) in [6.45, 7) is 1.36. The Labute approximate surface area is 226 Å². The molecule has 196 valence electrons. The molecule has 2 amide bonds. The van der Waals surface area contributed by atoms with Crippen molar-refractivity contribution in [3.63, 3.8) is 0 Å². The number of rotatable bonds is 3. The van der Waals surface area contributed by atoms with Gasteiger partial charge in [-0.3, -0.25) is 19.0 Å². The molecule has 3 aliphatic heterocycles. The molecule has 0 radical (unpaired) electrons. The van der Waals surface area contributed by atoms with Crippen LogP contribution >= 0.6 is 22.9 Å². The van der Waals surface area contributed by atoms with Crippen LogP contribution in [0.25, 0.3) is 10.2 Å². The SMILES string of the molecule is O=C1NC2(CCC2)n2c1c(Cl)cc(Nc1ncnc3sc4c(c13)CC[C@H](C(=O)N1C[C@H]3C[C@@H]1CO3)C4)c2=O. The number of ether oxygens (including phenoxy) is 1. The van der Waals surface area contributed by atoms with Gasteiger partial charge >= 0.3 is 0 Å². The van der Waals surface area contributed by atoms with E-state index in [0.717, 1.165) is 46.3 Å². The first-order chi connectivity index (χ1) is 18.4. The molecule has 12 heteroatoms. The van der Waals surface area contributed by atoms with Crippen LogP contribution in [0.4, 0.5) is 11.5 Å². The van der Waals surface area contributed by atoms with Gasteiger partial charge in [-0.1, -0.05) is 11.6 Å². The van der Waals surface area contributed by atoms with Gasteiger partial charge in [0.25, 0.3) is 11.5 Å². The Morgan fingerprint density at radius 1 is 1.29 bits per heavy atom. The van der Waals surface area contributed by atoms with E-state index in [1.807, 2.05) is 4.90 Å². The van der Waals surface area contributed by atoms with Crippen LogP contribution in [-0.4, -0.2) is 56.5 Å². The highest BCUT2D eigenvalue weighted by Crippen LogP contribution is 2.44. The van der Waals surface area contributed by atoms with Gasteiger partial charge in [-0.25, -0.2) is 9.97 Å². The number of carbonyl (C=O) groups excluding carboxylic acids is 2. The number of hydrogen-bond acceptors (Lipinski definition) is 8. The number of nitrogens with zero attached hydrogens (tertiary/aromatic N) is 4. The van der Waals surface area contributed by atoms with Crippen molar-refractivity contribution in [3.8, 4) is 0 Å². The second-order valence-corrected chi connectivity index (χ2v) is 12.5. The molecule has 10 nitrogen and oxygen atoms in total. The molecule has 38 heavy (non-hydrogen) atoms. The minimum Gasteiger partial charge on any atom is -0.374 e. The summed E-state index contributed by atoms with van der Waals surface area (Å²) in [7, 11) is 0. The van der Waals surface area contributed by atoms with Gasteiger partial charge in [0.05, 0.1) is 29.2 Å². The predicted octanol–water partition coefficient (Wildman–Crippen LogP) is 2.93. The summed E-state index contributed by atoms with van der Waals surface area (Å²) in [4.78, 5) is 52.5. The van der Waals surface area contributed by atoms with Gasteiger partial charge in [0.15, 0.2) is 0 Å². The van der Waals surface area contributed by atoms with Crippen LogP contribution in [0, 0.1) is 5.92 Å². The second-order valence-electron chi connectivity index (χ2n) is 11.0. The van der Waals surface area contributed by atoms with Gasteiger partial charge in [0, 0.05) is 17.3 Å². The fourth-order valence-electron chi connectivity index (χ4n) is 6.93. The Morgan fingerprint density at radius 3 is 2.89 bits per heavy atom. The maximum Gasteiger partial charge on any atom is 0.276 e. The number of halogens is 1. The van der Waals surface area contributed by atoms with E-state index in [1.54, 1.807) is 11.3 Å². The number of aryl methyl sites for hydroxylation is 1. The number of hydrogen-bond donors (Lipinski definition) is 2. The number of amides is 2. The van der Waals surface area contributed by atoms with Gasteiger partial charge in [0.2, 0.25) is 5.91 Å². The molecule has 2 saturated heterocycles. The molecule has 3 aromatic rings. The molecule has 3 atom stereocenters. The summed E-state index contributed by atoms with van der Waals surface area (Å²) in [5.74, 6) is 0.429. The Bertz CT molecular complexity index is 1610. The first kappa shape index (κ1) is 22.9. The first-order valence-electron chi connectivity index (χ1n) is 13.1. The third-order valence-electron chi connectivity index (χ3n) is 8.96. The highest BCUT2D eigenvalue weighted by Gasteiger charge is 2.49. The Kier molecular flexibility index (Phi) is 4.82. The molecule has 3 aromatic heterocycles. The van der Waals surface area contributed by atoms with Crippen molar-refractivity contribution in [2.24, 2.45) is 5.92 Å². The number of pyridine rings is 1. The van der Waals surface area contributed by atoms with Gasteiger partial charge in [-0.2, -0.15) is 0 Å². The first-order valence-corrected chi connectivity index (χ1v) is 14.3. The highest BCUT2D eigenvalue weighted by molar-refractivity contribution is 7.19. The Balaban J connectivity index is 1.13. The Hall–Kier alpha value is -3.02. The van der Waals surface area contributed by atoms with Crippen LogP contribution in [0.15, 0.2) is 17.2 Å². The number of morpholine rings is 1. The van der Waals surface area contributed by atoms with E-state index < -0.39 is 5.66 Å². The monoisotopic (exact) mass is 552 g/mol. The van der Waals surface area contributed by atoms with Crippen LogP contribution < -0.4 is 16.2 Å². The number of nitrogens with one attached hydrogen (secondary N) is 2. The quantitative estimate of drug-likeness (QED) is 0.513. The summed E-state index contributed by atoms with van der Waals surface area (Å²) in [5.41, 5.74) is 0.652. The predicted molar refractivity (Wildman–Crippen MR) is 141 cm³/mol. The summed E-state index contributed by atoms with van der Waals surface area (Å²) < 4.78 is 7.20. The zero-order valence-corrected chi connectivity index (χ0v) is 22.0. The van der Waals surface area contributed by atoms with Crippen molar-refractivity contribution >= 4 is 56.5 Å². The third kappa shape index (κ3) is 3.12. The summed E-state index contributed by atoms with van der Waals surface area (Å²) >= 11 is 8.11. The number of likely N-dealkylation sites (tertiary alicyclic amines) is 1. The van der Waals surface area contributed by atoms with Crippen molar-refractivity contribution in [1.82, 2.24) is 24.8 Å². The van der Waals surface area contributed by atoms with Gasteiger partial charge < -0.3 is 20.3 Å². The molecular formula is C26H25ClN6O4S. The molecule has 2 bridgehead atoms. The standard InChI is InChI=1S/C26H25ClN6O4S/c27-16-8-17(25(36)33-20(16)22(34)31-26(33)4-1-5-26)30-21-19-15-3-2-12(6-18(15)38-23(19)29-11-28-21)24(35)32-9-14-7-13(32)10-37-14/h8,11-14H,1-7,9-10H2,(H,31,34)(H,28,29,30)/t12-,13+,14+/m0/s1. The highest BCUT2D eigenvalue weighted by atomic mass is 35.5. The smallest absolute Gasteiger partial charge is 0.276 e. The molecule has 6 heterocycles. The summed E-state index contributed by atoms with van der Waals surface area (Å²) in [6, 6.07) is 1.74. The number of anilines is 2. The lowest BCUT2D eigenvalue weighted by Crippen LogP contribution is -2.52. The van der Waals surface area contributed by atoms with Gasteiger partial charge in [0.1, 0.15) is 34.0 Å². The number of thiophene rings is 1. The van der Waals surface area contributed by atoms with E-state index in [1.165, 1.54) is 17.0 Å². The molecule has 2 N–H and O–H groups in total. The van der Waals surface area contributed by atoms with E-state index in [2.05, 4.69) is 20.6 Å². The number of fused-ring (bicyclic) bond motifs is 7. The molecule has 2 aliphatic carbocycles. The molecule has 1 spiro atoms. The zero-order chi connectivity index (χ0) is 25.8. The van der Waals surface area contributed by atoms with Crippen LogP contribution in [0.2, 0.25) is 5.02 Å². The van der Waals surface area contributed by atoms with Crippen LogP contribution in [0.5, 0.6) is 0 Å². The fourth-order valence-corrected chi connectivity index (χ4v) is 8.47.